The van der Waals surface area contributed by atoms with Crippen molar-refractivity contribution in [3.63, 3.8) is 0 Å². The summed E-state index contributed by atoms with van der Waals surface area (Å²) in [5, 5.41) is 11.2. The number of aromatic nitrogens is 4. The van der Waals surface area contributed by atoms with Gasteiger partial charge >= 0.3 is 5.97 Å². The van der Waals surface area contributed by atoms with Gasteiger partial charge in [0, 0.05) is 57.5 Å². The monoisotopic (exact) mass is 469 g/mol. The Hall–Kier alpha value is -3.82. The van der Waals surface area contributed by atoms with E-state index in [0.29, 0.717) is 75.6 Å². The number of piperazine rings is 1. The van der Waals surface area contributed by atoms with Crippen LogP contribution in [0.1, 0.15) is 22.3 Å². The summed E-state index contributed by atoms with van der Waals surface area (Å²) in [7, 11) is 0. The number of amides is 1. The summed E-state index contributed by atoms with van der Waals surface area (Å²) >= 11 is 0. The zero-order chi connectivity index (χ0) is 24.2. The zero-order valence-electron chi connectivity index (χ0n) is 18.7. The van der Waals surface area contributed by atoms with Gasteiger partial charge in [0.25, 0.3) is 5.91 Å². The number of ether oxygens (including phenoxy) is 2. The molecule has 2 aromatic rings. The van der Waals surface area contributed by atoms with E-state index in [1.807, 2.05) is 4.90 Å². The topological polar surface area (TPSA) is 143 Å². The van der Waals surface area contributed by atoms with Crippen molar-refractivity contribution in [2.75, 3.05) is 69.0 Å². The van der Waals surface area contributed by atoms with Crippen molar-refractivity contribution in [3.05, 3.63) is 35.9 Å². The second-order valence-corrected chi connectivity index (χ2v) is 7.29. The Labute approximate surface area is 197 Å². The van der Waals surface area contributed by atoms with Crippen LogP contribution < -0.4 is 15.1 Å². The summed E-state index contributed by atoms with van der Waals surface area (Å²) < 4.78 is 10.4. The molecule has 0 bridgehead atoms. The van der Waals surface area contributed by atoms with Crippen LogP contribution in [0.4, 0.5) is 11.9 Å². The van der Waals surface area contributed by atoms with E-state index in [2.05, 4.69) is 36.1 Å². The first-order valence-corrected chi connectivity index (χ1v) is 10.8. The van der Waals surface area contributed by atoms with Gasteiger partial charge in [-0.05, 0) is 0 Å². The molecule has 12 heteroatoms. The van der Waals surface area contributed by atoms with Gasteiger partial charge in [-0.2, -0.15) is 0 Å². The second kappa shape index (κ2) is 13.0. The lowest BCUT2D eigenvalue weighted by Crippen LogP contribution is -2.47. The Morgan fingerprint density at radius 3 is 1.97 bits per heavy atom. The van der Waals surface area contributed by atoms with Crippen LogP contribution in [0.5, 0.6) is 0 Å². The van der Waals surface area contributed by atoms with Crippen molar-refractivity contribution in [2.24, 2.45) is 0 Å². The maximum atomic E-state index is 12.2. The SMILES string of the molecule is C#Cc1cnc(N2CCN(c3ncc(C(=O)NCCOCCOCCC(=O)O)cn3)CC2)nc1. The molecule has 0 saturated carbocycles. The molecule has 2 aromatic heterocycles. The molecule has 34 heavy (non-hydrogen) atoms. The molecule has 1 amide bonds. The van der Waals surface area contributed by atoms with Gasteiger partial charge in [0.15, 0.2) is 0 Å². The fourth-order valence-electron chi connectivity index (χ4n) is 3.09. The minimum absolute atomic E-state index is 0.0375. The van der Waals surface area contributed by atoms with E-state index in [1.54, 1.807) is 12.4 Å². The second-order valence-electron chi connectivity index (χ2n) is 7.29. The van der Waals surface area contributed by atoms with Crippen molar-refractivity contribution >= 4 is 23.8 Å². The summed E-state index contributed by atoms with van der Waals surface area (Å²) in [5.41, 5.74) is 1.01. The third-order valence-electron chi connectivity index (χ3n) is 4.91. The van der Waals surface area contributed by atoms with Gasteiger partial charge in [0.05, 0.1) is 44.0 Å². The highest BCUT2D eigenvalue weighted by Crippen LogP contribution is 2.14. The zero-order valence-corrected chi connectivity index (χ0v) is 18.7. The molecule has 0 aliphatic carbocycles. The van der Waals surface area contributed by atoms with E-state index in [1.165, 1.54) is 12.4 Å². The van der Waals surface area contributed by atoms with E-state index in [-0.39, 0.29) is 18.9 Å². The van der Waals surface area contributed by atoms with E-state index in [9.17, 15) is 9.59 Å². The van der Waals surface area contributed by atoms with Crippen molar-refractivity contribution in [1.29, 1.82) is 0 Å². The molecule has 1 aliphatic heterocycles. The number of carbonyl (C=O) groups excluding carboxylic acids is 1. The average Bonchev–Trinajstić information content (AvgIpc) is 2.87. The molecule has 3 heterocycles. The van der Waals surface area contributed by atoms with Crippen LogP contribution in [-0.4, -0.2) is 96.1 Å². The Morgan fingerprint density at radius 2 is 1.44 bits per heavy atom. The lowest BCUT2D eigenvalue weighted by atomic mass is 10.3. The third kappa shape index (κ3) is 7.65. The number of rotatable bonds is 12. The quantitative estimate of drug-likeness (QED) is 0.315. The molecule has 1 saturated heterocycles. The van der Waals surface area contributed by atoms with Gasteiger partial charge in [-0.15, -0.1) is 6.42 Å². The number of anilines is 2. The minimum atomic E-state index is -0.901. The number of carboxylic acid groups (broad SMARTS) is 1. The van der Waals surface area contributed by atoms with Gasteiger partial charge in [-0.25, -0.2) is 19.9 Å². The maximum absolute atomic E-state index is 12.2. The van der Waals surface area contributed by atoms with Gasteiger partial charge in [0.1, 0.15) is 0 Å². The van der Waals surface area contributed by atoms with Crippen molar-refractivity contribution in [2.45, 2.75) is 6.42 Å². The highest BCUT2D eigenvalue weighted by atomic mass is 16.5. The first-order chi connectivity index (χ1) is 16.6. The highest BCUT2D eigenvalue weighted by Gasteiger charge is 2.21. The molecule has 2 N–H and O–H groups in total. The first kappa shape index (κ1) is 24.8. The molecule has 0 spiro atoms. The molecule has 1 fully saturated rings. The van der Waals surface area contributed by atoms with E-state index in [4.69, 9.17) is 21.0 Å². The summed E-state index contributed by atoms with van der Waals surface area (Å²) in [6.07, 6.45) is 11.6. The number of hydrogen-bond donors (Lipinski definition) is 2. The van der Waals surface area contributed by atoms with Crippen molar-refractivity contribution in [1.82, 2.24) is 25.3 Å². The van der Waals surface area contributed by atoms with Crippen molar-refractivity contribution < 1.29 is 24.2 Å². The number of terminal acetylenes is 1. The van der Waals surface area contributed by atoms with Crippen LogP contribution in [0, 0.1) is 12.3 Å². The molecule has 12 nitrogen and oxygen atoms in total. The Kier molecular flexibility index (Phi) is 9.51. The van der Waals surface area contributed by atoms with Crippen LogP contribution >= 0.6 is 0 Å². The van der Waals surface area contributed by atoms with Crippen LogP contribution in [0.25, 0.3) is 0 Å². The van der Waals surface area contributed by atoms with Crippen LogP contribution in [-0.2, 0) is 14.3 Å². The Morgan fingerprint density at radius 1 is 0.912 bits per heavy atom. The fraction of sp³-hybridized carbons (Fsp3) is 0.455. The number of nitrogens with zero attached hydrogens (tertiary/aromatic N) is 6. The summed E-state index contributed by atoms with van der Waals surface area (Å²) in [6, 6.07) is 0. The molecule has 1 aliphatic rings. The standard InChI is InChI=1S/C22H27N7O5/c1-2-17-13-24-21(25-14-17)28-5-7-29(8-6-28)22-26-15-18(16-27-22)20(32)23-4-10-34-12-11-33-9-3-19(30)31/h1,13-16H,3-12H2,(H,23,32)(H,30,31). The predicted octanol–water partition coefficient (Wildman–Crippen LogP) is -0.188. The van der Waals surface area contributed by atoms with E-state index in [0.717, 1.165) is 0 Å². The molecular weight excluding hydrogens is 442 g/mol. The van der Waals surface area contributed by atoms with E-state index < -0.39 is 5.97 Å². The van der Waals surface area contributed by atoms with Crippen molar-refractivity contribution in [3.8, 4) is 12.3 Å². The lowest BCUT2D eigenvalue weighted by Gasteiger charge is -2.34. The van der Waals surface area contributed by atoms with E-state index >= 15 is 0 Å². The maximum Gasteiger partial charge on any atom is 0.305 e. The molecular formula is C22H27N7O5. The smallest absolute Gasteiger partial charge is 0.305 e. The third-order valence-corrected chi connectivity index (χ3v) is 4.91. The predicted molar refractivity (Wildman–Crippen MR) is 123 cm³/mol. The van der Waals surface area contributed by atoms with Crippen LogP contribution in [0.2, 0.25) is 0 Å². The number of nitrogens with one attached hydrogen (secondary N) is 1. The highest BCUT2D eigenvalue weighted by molar-refractivity contribution is 5.93. The average molecular weight is 470 g/mol. The lowest BCUT2D eigenvalue weighted by molar-refractivity contribution is -0.138. The first-order valence-electron chi connectivity index (χ1n) is 10.8. The van der Waals surface area contributed by atoms with Gasteiger partial charge in [0.2, 0.25) is 11.9 Å². The largest absolute Gasteiger partial charge is 0.481 e. The molecule has 0 atom stereocenters. The van der Waals surface area contributed by atoms with Gasteiger partial charge < -0.3 is 29.7 Å². The van der Waals surface area contributed by atoms with Gasteiger partial charge in [-0.3, -0.25) is 9.59 Å². The Bertz CT molecular complexity index is 971. The van der Waals surface area contributed by atoms with Crippen LogP contribution in [0.3, 0.4) is 0 Å². The Balaban J connectivity index is 1.34. The summed E-state index contributed by atoms with van der Waals surface area (Å²) in [5.74, 6) is 2.52. The summed E-state index contributed by atoms with van der Waals surface area (Å²) in [6.45, 7) is 4.23. The number of hydrogen-bond acceptors (Lipinski definition) is 10. The van der Waals surface area contributed by atoms with Crippen LogP contribution in [0.15, 0.2) is 24.8 Å². The molecule has 0 aromatic carbocycles. The fourth-order valence-corrected chi connectivity index (χ4v) is 3.09. The van der Waals surface area contributed by atoms with Gasteiger partial charge in [-0.1, -0.05) is 5.92 Å². The molecule has 0 unspecified atom stereocenters. The summed E-state index contributed by atoms with van der Waals surface area (Å²) in [4.78, 5) is 44.0. The molecule has 180 valence electrons. The number of aliphatic carboxylic acids is 1. The molecule has 3 rings (SSSR count). The minimum Gasteiger partial charge on any atom is -0.481 e. The normalized spacial score (nSPS) is 13.4. The molecule has 0 radical (unpaired) electrons. The number of carboxylic acids is 1. The number of carbonyl (C=O) groups is 2.